The van der Waals surface area contributed by atoms with E-state index >= 15 is 0 Å². The van der Waals surface area contributed by atoms with Crippen molar-refractivity contribution in [3.05, 3.63) is 24.3 Å². The van der Waals surface area contributed by atoms with Gasteiger partial charge in [-0.15, -0.1) is 0 Å². The normalized spacial score (nSPS) is 10.9. The molecular weight excluding hydrogens is 242 g/mol. The Hall–Kier alpha value is -1.56. The average molecular weight is 257 g/mol. The first-order valence-electron chi connectivity index (χ1n) is 5.04. The van der Waals surface area contributed by atoms with Crippen molar-refractivity contribution in [3.63, 3.8) is 0 Å². The van der Waals surface area contributed by atoms with Gasteiger partial charge in [-0.2, -0.15) is 0 Å². The molecule has 0 aliphatic rings. The number of hydrogen-bond donors (Lipinski definition) is 0. The Morgan fingerprint density at radius 2 is 1.88 bits per heavy atom. The van der Waals surface area contributed by atoms with Crippen LogP contribution in [-0.2, 0) is 14.8 Å². The number of aldehydes is 1. The molecule has 5 nitrogen and oxygen atoms in total. The minimum absolute atomic E-state index is 0.147. The quantitative estimate of drug-likeness (QED) is 0.715. The second kappa shape index (κ2) is 5.67. The van der Waals surface area contributed by atoms with Crippen LogP contribution in [0, 0.1) is 0 Å². The molecule has 1 aromatic rings. The van der Waals surface area contributed by atoms with Gasteiger partial charge in [0, 0.05) is 13.0 Å². The van der Waals surface area contributed by atoms with Crippen molar-refractivity contribution in [1.29, 1.82) is 0 Å². The van der Waals surface area contributed by atoms with Gasteiger partial charge in [0.25, 0.3) is 0 Å². The molecule has 0 bridgehead atoms. The van der Waals surface area contributed by atoms with Gasteiger partial charge in [0.05, 0.1) is 19.1 Å². The number of ether oxygens (including phenoxy) is 1. The monoisotopic (exact) mass is 257 g/mol. The van der Waals surface area contributed by atoms with E-state index in [-0.39, 0.29) is 13.0 Å². The molecule has 1 aromatic carbocycles. The first-order chi connectivity index (χ1) is 7.99. The summed E-state index contributed by atoms with van der Waals surface area (Å²) in [5.41, 5.74) is 0.523. The Morgan fingerprint density at radius 1 is 1.29 bits per heavy atom. The molecule has 0 aliphatic heterocycles. The minimum atomic E-state index is -3.38. The lowest BCUT2D eigenvalue weighted by atomic mass is 10.3. The van der Waals surface area contributed by atoms with Gasteiger partial charge in [0.15, 0.2) is 0 Å². The van der Waals surface area contributed by atoms with Crippen molar-refractivity contribution in [2.24, 2.45) is 0 Å². The van der Waals surface area contributed by atoms with Crippen LogP contribution in [0.25, 0.3) is 0 Å². The molecule has 17 heavy (non-hydrogen) atoms. The van der Waals surface area contributed by atoms with E-state index in [1.54, 1.807) is 24.3 Å². The first-order valence-corrected chi connectivity index (χ1v) is 6.89. The molecule has 0 fully saturated rings. The second-order valence-electron chi connectivity index (χ2n) is 3.49. The van der Waals surface area contributed by atoms with Crippen LogP contribution in [0.3, 0.4) is 0 Å². The molecule has 0 radical (unpaired) electrons. The number of carbonyl (C=O) groups is 1. The van der Waals surface area contributed by atoms with E-state index in [2.05, 4.69) is 0 Å². The van der Waals surface area contributed by atoms with Gasteiger partial charge in [0.1, 0.15) is 12.0 Å². The molecule has 0 saturated heterocycles. The van der Waals surface area contributed by atoms with Crippen molar-refractivity contribution < 1.29 is 17.9 Å². The second-order valence-corrected chi connectivity index (χ2v) is 5.40. The van der Waals surface area contributed by atoms with Crippen LogP contribution in [0.4, 0.5) is 5.69 Å². The highest BCUT2D eigenvalue weighted by atomic mass is 32.2. The van der Waals surface area contributed by atoms with Crippen molar-refractivity contribution in [2.45, 2.75) is 6.42 Å². The maximum atomic E-state index is 11.6. The van der Waals surface area contributed by atoms with Crippen LogP contribution in [0.1, 0.15) is 6.42 Å². The summed E-state index contributed by atoms with van der Waals surface area (Å²) >= 11 is 0. The van der Waals surface area contributed by atoms with Gasteiger partial charge < -0.3 is 9.53 Å². The van der Waals surface area contributed by atoms with Crippen molar-refractivity contribution in [1.82, 2.24) is 0 Å². The number of carbonyl (C=O) groups excluding carboxylic acids is 1. The third-order valence-electron chi connectivity index (χ3n) is 2.21. The molecule has 0 N–H and O–H groups in total. The molecular formula is C11H15NO4S. The topological polar surface area (TPSA) is 63.7 Å². The Bertz CT molecular complexity index is 467. The summed E-state index contributed by atoms with van der Waals surface area (Å²) < 4.78 is 29.3. The summed E-state index contributed by atoms with van der Waals surface area (Å²) in [5.74, 6) is 0.651. The molecule has 0 aliphatic carbocycles. The van der Waals surface area contributed by atoms with Crippen LogP contribution in [0.5, 0.6) is 5.75 Å². The Kier molecular flexibility index (Phi) is 4.51. The summed E-state index contributed by atoms with van der Waals surface area (Å²) in [6.07, 6.45) is 1.98. The van der Waals surface area contributed by atoms with E-state index in [1.165, 1.54) is 11.4 Å². The number of nitrogens with zero attached hydrogens (tertiary/aromatic N) is 1. The lowest BCUT2D eigenvalue weighted by Crippen LogP contribution is -2.30. The Morgan fingerprint density at radius 3 is 2.29 bits per heavy atom. The number of rotatable bonds is 6. The summed E-state index contributed by atoms with van der Waals surface area (Å²) in [7, 11) is -1.84. The molecule has 0 saturated carbocycles. The smallest absolute Gasteiger partial charge is 0.232 e. The molecule has 0 spiro atoms. The highest BCUT2D eigenvalue weighted by Gasteiger charge is 2.16. The van der Waals surface area contributed by atoms with Crippen LogP contribution in [0.15, 0.2) is 24.3 Å². The minimum Gasteiger partial charge on any atom is -0.497 e. The fourth-order valence-corrected chi connectivity index (χ4v) is 2.35. The maximum Gasteiger partial charge on any atom is 0.232 e. The largest absolute Gasteiger partial charge is 0.497 e. The third-order valence-corrected chi connectivity index (χ3v) is 3.40. The van der Waals surface area contributed by atoms with E-state index in [0.29, 0.717) is 17.7 Å². The van der Waals surface area contributed by atoms with Gasteiger partial charge in [-0.05, 0) is 24.3 Å². The van der Waals surface area contributed by atoms with Gasteiger partial charge in [-0.3, -0.25) is 4.31 Å². The Labute approximate surface area is 101 Å². The first kappa shape index (κ1) is 13.5. The van der Waals surface area contributed by atoms with Crippen LogP contribution in [-0.4, -0.2) is 34.6 Å². The fourth-order valence-electron chi connectivity index (χ4n) is 1.40. The summed E-state index contributed by atoms with van der Waals surface area (Å²) in [5, 5.41) is 0. The summed E-state index contributed by atoms with van der Waals surface area (Å²) in [6.45, 7) is 0.147. The predicted molar refractivity (Wildman–Crippen MR) is 65.9 cm³/mol. The number of methoxy groups -OCH3 is 1. The highest BCUT2D eigenvalue weighted by molar-refractivity contribution is 7.92. The van der Waals surface area contributed by atoms with E-state index in [0.717, 1.165) is 6.26 Å². The molecule has 0 aromatic heterocycles. The van der Waals surface area contributed by atoms with Gasteiger partial charge in [-0.1, -0.05) is 0 Å². The molecule has 0 atom stereocenters. The van der Waals surface area contributed by atoms with E-state index in [4.69, 9.17) is 4.74 Å². The van der Waals surface area contributed by atoms with E-state index < -0.39 is 10.0 Å². The standard InChI is InChI=1S/C11H15NO4S/c1-16-11-6-4-10(5-7-11)12(8-3-9-13)17(2,14)15/h4-7,9H,3,8H2,1-2H3. The maximum absolute atomic E-state index is 11.6. The lowest BCUT2D eigenvalue weighted by Gasteiger charge is -2.21. The predicted octanol–water partition coefficient (Wildman–Crippen LogP) is 1.05. The van der Waals surface area contributed by atoms with Crippen molar-refractivity contribution >= 4 is 22.0 Å². The number of hydrogen-bond acceptors (Lipinski definition) is 4. The molecule has 0 amide bonds. The fraction of sp³-hybridized carbons (Fsp3) is 0.364. The molecule has 94 valence electrons. The van der Waals surface area contributed by atoms with Crippen LogP contribution >= 0.6 is 0 Å². The molecule has 0 heterocycles. The van der Waals surface area contributed by atoms with Gasteiger partial charge in [0.2, 0.25) is 10.0 Å². The van der Waals surface area contributed by atoms with E-state index in [1.807, 2.05) is 0 Å². The van der Waals surface area contributed by atoms with Crippen molar-refractivity contribution in [2.75, 3.05) is 24.2 Å². The molecule has 1 rings (SSSR count). The lowest BCUT2D eigenvalue weighted by molar-refractivity contribution is -0.107. The zero-order valence-corrected chi connectivity index (χ0v) is 10.6. The van der Waals surface area contributed by atoms with Gasteiger partial charge >= 0.3 is 0 Å². The van der Waals surface area contributed by atoms with Crippen molar-refractivity contribution in [3.8, 4) is 5.75 Å². The number of anilines is 1. The zero-order valence-electron chi connectivity index (χ0n) is 9.79. The molecule has 6 heteroatoms. The number of benzene rings is 1. The summed E-state index contributed by atoms with van der Waals surface area (Å²) in [4.78, 5) is 10.3. The van der Waals surface area contributed by atoms with Gasteiger partial charge in [-0.25, -0.2) is 8.42 Å². The molecule has 0 unspecified atom stereocenters. The van der Waals surface area contributed by atoms with Crippen LogP contribution in [0.2, 0.25) is 0 Å². The Balaban J connectivity index is 3.00. The van der Waals surface area contributed by atoms with Crippen LogP contribution < -0.4 is 9.04 Å². The summed E-state index contributed by atoms with van der Waals surface area (Å²) in [6, 6.07) is 6.64. The van der Waals surface area contributed by atoms with E-state index in [9.17, 15) is 13.2 Å². The highest BCUT2D eigenvalue weighted by Crippen LogP contribution is 2.21. The zero-order chi connectivity index (χ0) is 12.9. The third kappa shape index (κ3) is 3.74. The SMILES string of the molecule is COc1ccc(N(CCC=O)S(C)(=O)=O)cc1. The number of sulfonamides is 1. The average Bonchev–Trinajstić information content (AvgIpc) is 2.29.